The van der Waals surface area contributed by atoms with Crippen LogP contribution >= 0.6 is 0 Å². The van der Waals surface area contributed by atoms with E-state index in [2.05, 4.69) is 79.1 Å². The van der Waals surface area contributed by atoms with Gasteiger partial charge in [0.25, 0.3) is 0 Å². The summed E-state index contributed by atoms with van der Waals surface area (Å²) in [6.07, 6.45) is 14.5. The van der Waals surface area contributed by atoms with Crippen LogP contribution in [0.3, 0.4) is 0 Å². The number of Topliss-reactive ketones (excluding diaryl/α,β-unsaturated/α-hetero) is 1. The number of aromatic nitrogens is 2. The standard InChI is InChI=1S/C41H64N2O2/c1-24(2)28-15-19-41(33(44)23-27-22-30(37(27,7)8)35-43-42-26(4)45-35)21-20-39(10)29(34(28)41)12-13-32-38(9)17-14-25(3)36(5,6)31(38)16-18-40(32,39)11/h25,27-32,34H,1,12-23H2,2-11H3/t25-,27-,28-,29+,30+,31-,32+,34+,38-,39+,40+,41+/m0/s1. The van der Waals surface area contributed by atoms with Gasteiger partial charge in [-0.1, -0.05) is 67.5 Å². The van der Waals surface area contributed by atoms with Gasteiger partial charge in [-0.05, 0) is 146 Å². The van der Waals surface area contributed by atoms with E-state index in [1.807, 2.05) is 6.92 Å². The maximum atomic E-state index is 14.9. The van der Waals surface area contributed by atoms with Crippen LogP contribution in [0.15, 0.2) is 16.6 Å². The van der Waals surface area contributed by atoms with Crippen LogP contribution in [0.1, 0.15) is 157 Å². The van der Waals surface area contributed by atoms with Gasteiger partial charge in [-0.3, -0.25) is 4.79 Å². The Kier molecular flexibility index (Phi) is 7.16. The molecule has 6 aliphatic carbocycles. The lowest BCUT2D eigenvalue weighted by molar-refractivity contribution is -0.240. The number of hydrogen-bond acceptors (Lipinski definition) is 4. The fourth-order valence-electron chi connectivity index (χ4n) is 14.5. The van der Waals surface area contributed by atoms with E-state index >= 15 is 0 Å². The number of nitrogens with zero attached hydrogens (tertiary/aromatic N) is 2. The highest BCUT2D eigenvalue weighted by molar-refractivity contribution is 5.86. The maximum Gasteiger partial charge on any atom is 0.220 e. The summed E-state index contributed by atoms with van der Waals surface area (Å²) in [5.41, 5.74) is 2.67. The summed E-state index contributed by atoms with van der Waals surface area (Å²) < 4.78 is 5.86. The van der Waals surface area contributed by atoms with E-state index in [-0.39, 0.29) is 16.7 Å². The molecule has 7 rings (SSSR count). The zero-order valence-corrected chi connectivity index (χ0v) is 30.5. The Labute approximate surface area is 274 Å². The predicted octanol–water partition coefficient (Wildman–Crippen LogP) is 10.8. The topological polar surface area (TPSA) is 56.0 Å². The summed E-state index contributed by atoms with van der Waals surface area (Å²) in [5.74, 6) is 6.64. The fourth-order valence-corrected chi connectivity index (χ4v) is 14.5. The minimum atomic E-state index is -0.164. The number of carbonyl (C=O) groups excluding carboxylic acids is 1. The minimum absolute atomic E-state index is 0.00119. The number of carbonyl (C=O) groups is 1. The minimum Gasteiger partial charge on any atom is -0.425 e. The number of fused-ring (bicyclic) bond motifs is 7. The molecule has 0 aromatic carbocycles. The number of rotatable bonds is 5. The summed E-state index contributed by atoms with van der Waals surface area (Å²) in [7, 11) is 0. The van der Waals surface area contributed by atoms with E-state index in [1.165, 1.54) is 50.5 Å². The van der Waals surface area contributed by atoms with Crippen molar-refractivity contribution in [2.75, 3.05) is 0 Å². The van der Waals surface area contributed by atoms with Crippen LogP contribution in [0.4, 0.5) is 0 Å². The molecule has 6 aliphatic rings. The second kappa shape index (κ2) is 10.0. The first kappa shape index (κ1) is 32.1. The van der Waals surface area contributed by atoms with Crippen LogP contribution in [0.25, 0.3) is 0 Å². The summed E-state index contributed by atoms with van der Waals surface area (Å²) >= 11 is 0. The molecule has 1 aromatic rings. The summed E-state index contributed by atoms with van der Waals surface area (Å²) in [6, 6.07) is 0. The van der Waals surface area contributed by atoms with Gasteiger partial charge >= 0.3 is 0 Å². The predicted molar refractivity (Wildman–Crippen MR) is 181 cm³/mol. The van der Waals surface area contributed by atoms with Crippen LogP contribution in [0.2, 0.25) is 0 Å². The van der Waals surface area contributed by atoms with Crippen molar-refractivity contribution in [3.63, 3.8) is 0 Å². The van der Waals surface area contributed by atoms with Gasteiger partial charge in [0, 0.05) is 24.7 Å². The first-order valence-corrected chi connectivity index (χ1v) is 18.9. The Morgan fingerprint density at radius 3 is 2.22 bits per heavy atom. The van der Waals surface area contributed by atoms with Gasteiger partial charge in [-0.2, -0.15) is 0 Å². The lowest BCUT2D eigenvalue weighted by Crippen LogP contribution is -2.66. The highest BCUT2D eigenvalue weighted by Gasteiger charge is 2.71. The van der Waals surface area contributed by atoms with Crippen molar-refractivity contribution in [1.82, 2.24) is 10.2 Å². The largest absolute Gasteiger partial charge is 0.425 e. The summed E-state index contributed by atoms with van der Waals surface area (Å²) in [5, 5.41) is 8.48. The number of aryl methyl sites for hydroxylation is 1. The lowest BCUT2D eigenvalue weighted by Gasteiger charge is -2.73. The molecule has 4 heteroatoms. The number of hydrogen-bond donors (Lipinski definition) is 0. The number of allylic oxidation sites excluding steroid dienone is 1. The molecule has 45 heavy (non-hydrogen) atoms. The molecule has 6 saturated carbocycles. The molecule has 12 atom stereocenters. The summed E-state index contributed by atoms with van der Waals surface area (Å²) in [6.45, 7) is 29.3. The molecule has 1 aromatic heterocycles. The van der Waals surface area contributed by atoms with E-state index in [9.17, 15) is 4.79 Å². The quantitative estimate of drug-likeness (QED) is 0.309. The highest BCUT2D eigenvalue weighted by atomic mass is 16.4. The third-order valence-electron chi connectivity index (χ3n) is 17.9. The third kappa shape index (κ3) is 4.11. The van der Waals surface area contributed by atoms with Crippen LogP contribution in [-0.2, 0) is 4.79 Å². The van der Waals surface area contributed by atoms with E-state index < -0.39 is 0 Å². The van der Waals surface area contributed by atoms with E-state index in [0.717, 1.165) is 49.3 Å². The van der Waals surface area contributed by atoms with Gasteiger partial charge in [0.05, 0.1) is 0 Å². The molecule has 4 nitrogen and oxygen atoms in total. The first-order valence-electron chi connectivity index (χ1n) is 18.9. The van der Waals surface area contributed by atoms with Crippen molar-refractivity contribution < 1.29 is 9.21 Å². The molecule has 0 saturated heterocycles. The molecule has 0 radical (unpaired) electrons. The first-order chi connectivity index (χ1) is 20.9. The van der Waals surface area contributed by atoms with Crippen molar-refractivity contribution in [3.05, 3.63) is 23.9 Å². The monoisotopic (exact) mass is 616 g/mol. The van der Waals surface area contributed by atoms with Crippen molar-refractivity contribution in [1.29, 1.82) is 0 Å². The SMILES string of the molecule is C=C(C)[C@@H]1CC[C@]2(C(=O)C[C@@H]3C[C@H](c4nnc(C)o4)C3(C)C)CC[C@]3(C)[C@H](CC[C@@H]4[C@@]5(C)CC[C@H](C)C(C)(C)[C@@H]5CC[C@]43C)[C@@H]12. The molecule has 6 fully saturated rings. The van der Waals surface area contributed by atoms with E-state index in [1.54, 1.807) is 0 Å². The average Bonchev–Trinajstić information content (AvgIpc) is 3.57. The molecular formula is C41H64N2O2. The molecule has 250 valence electrons. The van der Waals surface area contributed by atoms with Gasteiger partial charge in [-0.25, -0.2) is 0 Å². The highest BCUT2D eigenvalue weighted by Crippen LogP contribution is 2.78. The zero-order chi connectivity index (χ0) is 32.5. The molecule has 1 heterocycles. The third-order valence-corrected chi connectivity index (χ3v) is 17.9. The molecule has 0 bridgehead atoms. The Bertz CT molecular complexity index is 1370. The average molecular weight is 617 g/mol. The van der Waals surface area contributed by atoms with Crippen LogP contribution in [-0.4, -0.2) is 16.0 Å². The Morgan fingerprint density at radius 1 is 0.844 bits per heavy atom. The molecule has 0 amide bonds. The molecule has 0 N–H and O–H groups in total. The van der Waals surface area contributed by atoms with E-state index in [0.29, 0.717) is 63.4 Å². The van der Waals surface area contributed by atoms with Crippen LogP contribution in [0.5, 0.6) is 0 Å². The Morgan fingerprint density at radius 2 is 1.58 bits per heavy atom. The van der Waals surface area contributed by atoms with Crippen molar-refractivity contribution in [2.45, 2.75) is 152 Å². The second-order valence-electron chi connectivity index (χ2n) is 19.7. The molecule has 0 unspecified atom stereocenters. The van der Waals surface area contributed by atoms with Gasteiger partial charge in [0.1, 0.15) is 5.78 Å². The van der Waals surface area contributed by atoms with Gasteiger partial charge in [0.15, 0.2) is 0 Å². The molecular weight excluding hydrogens is 552 g/mol. The number of ketones is 1. The zero-order valence-electron chi connectivity index (χ0n) is 30.5. The van der Waals surface area contributed by atoms with Crippen molar-refractivity contribution in [2.24, 2.45) is 73.9 Å². The van der Waals surface area contributed by atoms with Crippen molar-refractivity contribution >= 4 is 5.78 Å². The Hall–Kier alpha value is -1.45. The smallest absolute Gasteiger partial charge is 0.220 e. The van der Waals surface area contributed by atoms with E-state index in [4.69, 9.17) is 4.42 Å². The van der Waals surface area contributed by atoms with Crippen molar-refractivity contribution in [3.8, 4) is 0 Å². The lowest BCUT2D eigenvalue weighted by atomic mass is 9.31. The van der Waals surface area contributed by atoms with Crippen LogP contribution in [0, 0.1) is 80.8 Å². The normalized spacial score (nSPS) is 49.6. The molecule has 0 aliphatic heterocycles. The van der Waals surface area contributed by atoms with Gasteiger partial charge in [-0.15, -0.1) is 10.2 Å². The second-order valence-corrected chi connectivity index (χ2v) is 19.7. The fraction of sp³-hybridized carbons (Fsp3) is 0.878. The van der Waals surface area contributed by atoms with Gasteiger partial charge in [0.2, 0.25) is 11.8 Å². The maximum absolute atomic E-state index is 14.9. The summed E-state index contributed by atoms with van der Waals surface area (Å²) in [4.78, 5) is 14.9. The Balaban J connectivity index is 1.18. The van der Waals surface area contributed by atoms with Gasteiger partial charge < -0.3 is 4.42 Å². The van der Waals surface area contributed by atoms with Crippen LogP contribution < -0.4 is 0 Å². The molecule has 0 spiro atoms.